The summed E-state index contributed by atoms with van der Waals surface area (Å²) in [5.74, 6) is 0.190. The molecule has 11 nitrogen and oxygen atoms in total. The Morgan fingerprint density at radius 3 is 2.83 bits per heavy atom. The predicted octanol–water partition coefficient (Wildman–Crippen LogP) is -4.45. The van der Waals surface area contributed by atoms with Crippen LogP contribution in [0.25, 0.3) is 11.2 Å². The predicted molar refractivity (Wildman–Crippen MR) is 68.1 cm³/mol. The largest absolute Gasteiger partial charge is 1.00 e. The molecule has 0 spiro atoms. The third-order valence-electron chi connectivity index (χ3n) is 3.63. The first kappa shape index (κ1) is 17.2. The molecular weight excluding hydrogens is 340 g/mol. The average molecular weight is 351 g/mol. The molecule has 118 valence electrons. The number of aliphatic hydroxyl groups is 1. The Morgan fingerprint density at radius 2 is 2.09 bits per heavy atom. The number of rotatable bonds is 2. The number of nitrogens with zero attached hydrogens (tertiary/aromatic N) is 4. The molecule has 2 aromatic heterocycles. The number of phosphoric ester groups is 1. The van der Waals surface area contributed by atoms with Gasteiger partial charge in [-0.2, -0.15) is 0 Å². The SMILES string of the molecule is Nc1ncnc2c1ncn2C1OC(CO)C2OP(=O)([O-])OC21.[Na+]. The quantitative estimate of drug-likeness (QED) is 0.399. The average Bonchev–Trinajstić information content (AvgIpc) is 3.10. The van der Waals surface area contributed by atoms with Crippen molar-refractivity contribution in [3.05, 3.63) is 12.7 Å². The second kappa shape index (κ2) is 6.03. The van der Waals surface area contributed by atoms with Gasteiger partial charge in [0.2, 0.25) is 0 Å². The van der Waals surface area contributed by atoms with Gasteiger partial charge >= 0.3 is 29.6 Å². The molecule has 23 heavy (non-hydrogen) atoms. The van der Waals surface area contributed by atoms with Crippen molar-refractivity contribution in [1.82, 2.24) is 19.5 Å². The fourth-order valence-electron chi connectivity index (χ4n) is 2.70. The van der Waals surface area contributed by atoms with Crippen LogP contribution in [0, 0.1) is 0 Å². The van der Waals surface area contributed by atoms with E-state index in [0.29, 0.717) is 11.2 Å². The molecule has 0 bridgehead atoms. The fraction of sp³-hybridized carbons (Fsp3) is 0.500. The van der Waals surface area contributed by atoms with E-state index < -0.39 is 39.0 Å². The minimum Gasteiger partial charge on any atom is -0.756 e. The molecule has 2 fully saturated rings. The fourth-order valence-corrected chi connectivity index (χ4v) is 3.82. The Bertz CT molecular complexity index is 788. The zero-order valence-corrected chi connectivity index (χ0v) is 14.9. The molecule has 0 aromatic carbocycles. The maximum Gasteiger partial charge on any atom is 1.00 e. The van der Waals surface area contributed by atoms with Gasteiger partial charge in [-0.3, -0.25) is 9.13 Å². The van der Waals surface area contributed by atoms with Crippen LogP contribution in [0.3, 0.4) is 0 Å². The number of imidazole rings is 1. The first-order valence-electron chi connectivity index (χ1n) is 6.37. The van der Waals surface area contributed by atoms with Gasteiger partial charge in [-0.05, 0) is 0 Å². The number of hydrogen-bond acceptors (Lipinski definition) is 10. The van der Waals surface area contributed by atoms with E-state index in [1.165, 1.54) is 17.2 Å². The van der Waals surface area contributed by atoms with E-state index in [1.807, 2.05) is 0 Å². The van der Waals surface area contributed by atoms with E-state index >= 15 is 0 Å². The molecule has 2 aliphatic rings. The molecule has 2 saturated heterocycles. The van der Waals surface area contributed by atoms with Gasteiger partial charge in [-0.1, -0.05) is 0 Å². The summed E-state index contributed by atoms with van der Waals surface area (Å²) in [6.45, 7) is -0.412. The molecular formula is C10H11N5NaO6P. The first-order chi connectivity index (χ1) is 10.5. The molecule has 3 N–H and O–H groups in total. The number of aliphatic hydroxyl groups excluding tert-OH is 1. The summed E-state index contributed by atoms with van der Waals surface area (Å²) < 4.78 is 28.4. The van der Waals surface area contributed by atoms with E-state index in [9.17, 15) is 14.6 Å². The standard InChI is InChI=1S/C10H12N5O6P.Na/c11-8-5-9(13-2-12-8)15(3-14-5)10-7-6(4(1-16)19-10)20-22(17,18)21-7;/h2-4,6-7,10,16H,1H2,(H,17,18)(H2,11,12,13);/q;+1/p-1. The summed E-state index contributed by atoms with van der Waals surface area (Å²) in [5.41, 5.74) is 6.44. The molecule has 0 radical (unpaired) electrons. The Hall–Kier alpha value is -0.620. The van der Waals surface area contributed by atoms with Gasteiger partial charge in [-0.25, -0.2) is 15.0 Å². The third-order valence-corrected chi connectivity index (χ3v) is 4.63. The number of nitrogen functional groups attached to an aromatic ring is 1. The number of hydrogen-bond donors (Lipinski definition) is 2. The third kappa shape index (κ3) is 2.72. The second-order valence-electron chi connectivity index (χ2n) is 4.92. The van der Waals surface area contributed by atoms with Gasteiger partial charge < -0.3 is 29.5 Å². The summed E-state index contributed by atoms with van der Waals surface area (Å²) in [4.78, 5) is 23.5. The molecule has 0 amide bonds. The van der Waals surface area contributed by atoms with E-state index in [2.05, 4.69) is 15.0 Å². The van der Waals surface area contributed by atoms with Crippen LogP contribution in [0.15, 0.2) is 12.7 Å². The van der Waals surface area contributed by atoms with Crippen molar-refractivity contribution in [2.75, 3.05) is 12.3 Å². The van der Waals surface area contributed by atoms with Gasteiger partial charge in [0.15, 0.2) is 17.7 Å². The van der Waals surface area contributed by atoms with Crippen LogP contribution in [0.1, 0.15) is 6.23 Å². The summed E-state index contributed by atoms with van der Waals surface area (Å²) in [6, 6.07) is 0. The summed E-state index contributed by atoms with van der Waals surface area (Å²) >= 11 is 0. The van der Waals surface area contributed by atoms with Crippen LogP contribution in [0.5, 0.6) is 0 Å². The van der Waals surface area contributed by atoms with E-state index in [1.54, 1.807) is 0 Å². The number of phosphoric acid groups is 1. The van der Waals surface area contributed by atoms with Crippen LogP contribution in [-0.2, 0) is 18.3 Å². The van der Waals surface area contributed by atoms with Crippen molar-refractivity contribution in [1.29, 1.82) is 0 Å². The molecule has 4 heterocycles. The van der Waals surface area contributed by atoms with E-state index in [0.717, 1.165) is 0 Å². The molecule has 0 aliphatic carbocycles. The molecule has 0 saturated carbocycles. The molecule has 2 aromatic rings. The zero-order chi connectivity index (χ0) is 15.5. The maximum absolute atomic E-state index is 11.5. The summed E-state index contributed by atoms with van der Waals surface area (Å²) in [5, 5.41) is 9.33. The molecule has 5 atom stereocenters. The second-order valence-corrected chi connectivity index (χ2v) is 6.23. The summed E-state index contributed by atoms with van der Waals surface area (Å²) in [7, 11) is -4.41. The monoisotopic (exact) mass is 351 g/mol. The van der Waals surface area contributed by atoms with Crippen LogP contribution < -0.4 is 40.2 Å². The number of fused-ring (bicyclic) bond motifs is 2. The van der Waals surface area contributed by atoms with Crippen LogP contribution in [0.2, 0.25) is 0 Å². The van der Waals surface area contributed by atoms with Crippen LogP contribution in [-0.4, -0.2) is 49.5 Å². The molecule has 4 rings (SSSR count). The van der Waals surface area contributed by atoms with Gasteiger partial charge in [0.25, 0.3) is 7.82 Å². The normalized spacial score (nSPS) is 36.1. The topological polar surface area (TPSA) is 158 Å². The van der Waals surface area contributed by atoms with Crippen molar-refractivity contribution >= 4 is 24.8 Å². The van der Waals surface area contributed by atoms with Crippen molar-refractivity contribution in [3.8, 4) is 0 Å². The van der Waals surface area contributed by atoms with Crippen LogP contribution in [0.4, 0.5) is 5.82 Å². The van der Waals surface area contributed by atoms with Crippen molar-refractivity contribution < 1.29 is 57.9 Å². The van der Waals surface area contributed by atoms with Gasteiger partial charge in [-0.15, -0.1) is 0 Å². The number of ether oxygens (including phenoxy) is 1. The molecule has 2 aliphatic heterocycles. The molecule has 5 unspecified atom stereocenters. The Balaban J connectivity index is 0.00000156. The van der Waals surface area contributed by atoms with Gasteiger partial charge in [0, 0.05) is 0 Å². The number of anilines is 1. The van der Waals surface area contributed by atoms with E-state index in [-0.39, 0.29) is 35.4 Å². The van der Waals surface area contributed by atoms with Crippen LogP contribution >= 0.6 is 7.82 Å². The van der Waals surface area contributed by atoms with Crippen molar-refractivity contribution in [2.24, 2.45) is 0 Å². The Morgan fingerprint density at radius 1 is 1.35 bits per heavy atom. The van der Waals surface area contributed by atoms with E-state index in [4.69, 9.17) is 19.5 Å². The van der Waals surface area contributed by atoms with Crippen molar-refractivity contribution in [2.45, 2.75) is 24.5 Å². The zero-order valence-electron chi connectivity index (χ0n) is 12.0. The van der Waals surface area contributed by atoms with Gasteiger partial charge in [0.1, 0.15) is 30.2 Å². The van der Waals surface area contributed by atoms with Gasteiger partial charge in [0.05, 0.1) is 12.9 Å². The Kier molecular flexibility index (Phi) is 4.51. The number of nitrogens with two attached hydrogens (primary N) is 1. The summed E-state index contributed by atoms with van der Waals surface area (Å²) in [6.07, 6.45) is -0.906. The first-order valence-corrected chi connectivity index (χ1v) is 7.83. The maximum atomic E-state index is 11.5. The molecule has 13 heteroatoms. The number of aromatic nitrogens is 4. The van der Waals surface area contributed by atoms with Crippen molar-refractivity contribution in [3.63, 3.8) is 0 Å². The Labute approximate surface area is 151 Å². The minimum atomic E-state index is -4.41. The minimum absolute atomic E-state index is 0. The smallest absolute Gasteiger partial charge is 0.756 e.